The monoisotopic (exact) mass is 252 g/mol. The van der Waals surface area contributed by atoms with Crippen LogP contribution in [0.2, 0.25) is 0 Å². The van der Waals surface area contributed by atoms with Gasteiger partial charge in [-0.2, -0.15) is 9.97 Å². The number of aryl methyl sites for hydroxylation is 2. The quantitative estimate of drug-likeness (QED) is 0.610. The van der Waals surface area contributed by atoms with E-state index in [-0.39, 0.29) is 11.9 Å². The van der Waals surface area contributed by atoms with Gasteiger partial charge in [0.25, 0.3) is 0 Å². The number of rotatable bonds is 6. The van der Waals surface area contributed by atoms with Gasteiger partial charge in [-0.1, -0.05) is 13.8 Å². The molecule has 0 aliphatic heterocycles. The van der Waals surface area contributed by atoms with E-state index in [0.29, 0.717) is 30.7 Å². The Bertz CT molecular complexity index is 389. The Morgan fingerprint density at radius 2 is 1.89 bits per heavy atom. The van der Waals surface area contributed by atoms with Crippen molar-refractivity contribution in [2.24, 2.45) is 5.92 Å². The molecule has 0 aromatic carbocycles. The summed E-state index contributed by atoms with van der Waals surface area (Å²) in [5, 5.41) is 3.00. The Balaban J connectivity index is 2.31. The molecular formula is C12H20N4O2. The fraction of sp³-hybridized carbons (Fsp3) is 0.667. The molecule has 1 heterocycles. The van der Waals surface area contributed by atoms with Crippen molar-refractivity contribution >= 4 is 11.9 Å². The highest BCUT2D eigenvalue weighted by Gasteiger charge is 2.11. The van der Waals surface area contributed by atoms with Crippen LogP contribution in [0.15, 0.2) is 0 Å². The maximum Gasteiger partial charge on any atom is 0.308 e. The first kappa shape index (κ1) is 14.3. The van der Waals surface area contributed by atoms with Crippen LogP contribution in [0.4, 0.5) is 5.95 Å². The third-order valence-corrected chi connectivity index (χ3v) is 2.50. The summed E-state index contributed by atoms with van der Waals surface area (Å²) in [6, 6.07) is 0. The highest BCUT2D eigenvalue weighted by molar-refractivity contribution is 5.71. The molecule has 6 nitrogen and oxygen atoms in total. The first-order valence-corrected chi connectivity index (χ1v) is 6.12. The van der Waals surface area contributed by atoms with Crippen LogP contribution in [0.3, 0.4) is 0 Å². The number of nitrogens with zero attached hydrogens (tertiary/aromatic N) is 3. The van der Waals surface area contributed by atoms with E-state index in [4.69, 9.17) is 4.74 Å². The largest absolute Gasteiger partial charge is 0.464 e. The lowest BCUT2D eigenvalue weighted by molar-refractivity contribution is -0.147. The van der Waals surface area contributed by atoms with Crippen LogP contribution in [-0.2, 0) is 9.53 Å². The minimum Gasteiger partial charge on any atom is -0.464 e. The molecule has 0 aliphatic carbocycles. The molecule has 0 spiro atoms. The van der Waals surface area contributed by atoms with Crippen LogP contribution in [0.25, 0.3) is 0 Å². The molecule has 1 aromatic heterocycles. The second-order valence-electron chi connectivity index (χ2n) is 4.16. The van der Waals surface area contributed by atoms with Crippen molar-refractivity contribution in [1.29, 1.82) is 0 Å². The second-order valence-corrected chi connectivity index (χ2v) is 4.16. The van der Waals surface area contributed by atoms with Gasteiger partial charge < -0.3 is 10.1 Å². The van der Waals surface area contributed by atoms with Gasteiger partial charge in [0.2, 0.25) is 5.95 Å². The van der Waals surface area contributed by atoms with Gasteiger partial charge in [0.1, 0.15) is 18.3 Å². The predicted molar refractivity (Wildman–Crippen MR) is 68.2 cm³/mol. The molecule has 1 unspecified atom stereocenters. The molecule has 0 saturated carbocycles. The molecule has 0 fully saturated rings. The molecule has 18 heavy (non-hydrogen) atoms. The minimum atomic E-state index is -0.165. The van der Waals surface area contributed by atoms with Gasteiger partial charge >= 0.3 is 5.97 Å². The molecular weight excluding hydrogens is 232 g/mol. The molecule has 1 N–H and O–H groups in total. The van der Waals surface area contributed by atoms with E-state index in [1.165, 1.54) is 0 Å². The normalized spacial score (nSPS) is 12.0. The lowest BCUT2D eigenvalue weighted by Crippen LogP contribution is -2.19. The van der Waals surface area contributed by atoms with Crippen LogP contribution in [-0.4, -0.2) is 34.1 Å². The summed E-state index contributed by atoms with van der Waals surface area (Å²) < 4.78 is 5.10. The van der Waals surface area contributed by atoms with E-state index < -0.39 is 0 Å². The summed E-state index contributed by atoms with van der Waals surface area (Å²) in [6.45, 7) is 8.23. The zero-order valence-electron chi connectivity index (χ0n) is 11.4. The minimum absolute atomic E-state index is 0.0494. The third-order valence-electron chi connectivity index (χ3n) is 2.50. The van der Waals surface area contributed by atoms with Crippen molar-refractivity contribution in [2.75, 3.05) is 18.5 Å². The lowest BCUT2D eigenvalue weighted by atomic mass is 10.1. The zero-order chi connectivity index (χ0) is 13.5. The smallest absolute Gasteiger partial charge is 0.308 e. The van der Waals surface area contributed by atoms with E-state index in [9.17, 15) is 4.79 Å². The van der Waals surface area contributed by atoms with E-state index in [1.807, 2.05) is 27.7 Å². The first-order chi connectivity index (χ1) is 8.52. The zero-order valence-corrected chi connectivity index (χ0v) is 11.4. The van der Waals surface area contributed by atoms with Crippen LogP contribution < -0.4 is 5.32 Å². The molecule has 1 atom stereocenters. The number of carbonyl (C=O) groups is 1. The Hall–Kier alpha value is -1.72. The molecule has 1 rings (SSSR count). The standard InChI is InChI=1S/C12H20N4O2/c1-5-8(2)11(17)18-7-6-13-12-15-9(3)14-10(4)16-12/h8H,5-7H2,1-4H3,(H,13,14,15,16). The van der Waals surface area contributed by atoms with Crippen molar-refractivity contribution in [1.82, 2.24) is 15.0 Å². The van der Waals surface area contributed by atoms with E-state index in [0.717, 1.165) is 6.42 Å². The first-order valence-electron chi connectivity index (χ1n) is 6.12. The number of hydrogen-bond acceptors (Lipinski definition) is 6. The summed E-state index contributed by atoms with van der Waals surface area (Å²) in [4.78, 5) is 23.7. The van der Waals surface area contributed by atoms with Gasteiger partial charge in [0, 0.05) is 0 Å². The maximum absolute atomic E-state index is 11.4. The summed E-state index contributed by atoms with van der Waals surface area (Å²) in [5.74, 6) is 1.64. The molecule has 1 aromatic rings. The number of hydrogen-bond donors (Lipinski definition) is 1. The Kier molecular flexibility index (Phi) is 5.48. The molecule has 0 amide bonds. The van der Waals surface area contributed by atoms with E-state index in [2.05, 4.69) is 20.3 Å². The lowest BCUT2D eigenvalue weighted by Gasteiger charge is -2.10. The van der Waals surface area contributed by atoms with Gasteiger partial charge in [-0.05, 0) is 20.3 Å². The fourth-order valence-electron chi connectivity index (χ4n) is 1.32. The van der Waals surface area contributed by atoms with Gasteiger partial charge in [-0.3, -0.25) is 4.79 Å². The Labute approximate surface area is 107 Å². The topological polar surface area (TPSA) is 77.0 Å². The van der Waals surface area contributed by atoms with Crippen molar-refractivity contribution in [2.45, 2.75) is 34.1 Å². The summed E-state index contributed by atoms with van der Waals surface area (Å²) >= 11 is 0. The Morgan fingerprint density at radius 3 is 2.44 bits per heavy atom. The van der Waals surface area contributed by atoms with E-state index in [1.54, 1.807) is 0 Å². The molecule has 6 heteroatoms. The van der Waals surface area contributed by atoms with Crippen molar-refractivity contribution in [3.8, 4) is 0 Å². The van der Waals surface area contributed by atoms with Crippen LogP contribution >= 0.6 is 0 Å². The molecule has 0 radical (unpaired) electrons. The van der Waals surface area contributed by atoms with Crippen LogP contribution in [0, 0.1) is 19.8 Å². The average Bonchev–Trinajstić information content (AvgIpc) is 2.32. The molecule has 0 saturated heterocycles. The number of anilines is 1. The second kappa shape index (κ2) is 6.88. The molecule has 0 bridgehead atoms. The maximum atomic E-state index is 11.4. The number of ether oxygens (including phenoxy) is 1. The van der Waals surface area contributed by atoms with E-state index >= 15 is 0 Å². The van der Waals surface area contributed by atoms with Gasteiger partial charge in [0.05, 0.1) is 12.5 Å². The predicted octanol–water partition coefficient (Wildman–Crippen LogP) is 1.49. The fourth-order valence-corrected chi connectivity index (χ4v) is 1.32. The van der Waals surface area contributed by atoms with Crippen LogP contribution in [0.5, 0.6) is 0 Å². The number of carbonyl (C=O) groups excluding carboxylic acids is 1. The SMILES string of the molecule is CCC(C)C(=O)OCCNc1nc(C)nc(C)n1. The molecule has 0 aliphatic rings. The van der Waals surface area contributed by atoms with Gasteiger partial charge in [-0.25, -0.2) is 4.98 Å². The van der Waals surface area contributed by atoms with Gasteiger partial charge in [-0.15, -0.1) is 0 Å². The number of aromatic nitrogens is 3. The number of esters is 1. The van der Waals surface area contributed by atoms with Crippen molar-refractivity contribution < 1.29 is 9.53 Å². The van der Waals surface area contributed by atoms with Crippen molar-refractivity contribution in [3.05, 3.63) is 11.6 Å². The van der Waals surface area contributed by atoms with Gasteiger partial charge in [0.15, 0.2) is 0 Å². The highest BCUT2D eigenvalue weighted by atomic mass is 16.5. The average molecular weight is 252 g/mol. The molecule has 100 valence electrons. The third kappa shape index (κ3) is 4.65. The number of nitrogens with one attached hydrogen (secondary N) is 1. The Morgan fingerprint density at radius 1 is 1.28 bits per heavy atom. The van der Waals surface area contributed by atoms with Crippen LogP contribution in [0.1, 0.15) is 31.9 Å². The summed E-state index contributed by atoms with van der Waals surface area (Å²) in [7, 11) is 0. The summed E-state index contributed by atoms with van der Waals surface area (Å²) in [6.07, 6.45) is 0.790. The van der Waals surface area contributed by atoms with Crippen molar-refractivity contribution in [3.63, 3.8) is 0 Å². The summed E-state index contributed by atoms with van der Waals surface area (Å²) in [5.41, 5.74) is 0. The highest BCUT2D eigenvalue weighted by Crippen LogP contribution is 2.03.